The fourth-order valence-corrected chi connectivity index (χ4v) is 4.64. The molecule has 1 aliphatic rings. The first-order valence-corrected chi connectivity index (χ1v) is 11.1. The highest BCUT2D eigenvalue weighted by Gasteiger charge is 2.28. The second kappa shape index (κ2) is 8.37. The molecule has 4 rings (SSSR count). The van der Waals surface area contributed by atoms with Crippen LogP contribution in [0.15, 0.2) is 40.5 Å². The Morgan fingerprint density at radius 1 is 1.38 bits per heavy atom. The van der Waals surface area contributed by atoms with Crippen LogP contribution < -0.4 is 15.8 Å². The summed E-state index contributed by atoms with van der Waals surface area (Å²) in [6, 6.07) is 10.2. The van der Waals surface area contributed by atoms with Gasteiger partial charge in [-0.1, -0.05) is 37.3 Å². The van der Waals surface area contributed by atoms with Crippen molar-refractivity contribution in [1.82, 2.24) is 15.3 Å². The molecule has 1 aliphatic heterocycles. The van der Waals surface area contributed by atoms with E-state index in [0.29, 0.717) is 17.2 Å². The molecular formula is C22H26N4O2S. The first-order chi connectivity index (χ1) is 14.1. The number of nitrogens with one attached hydrogen (secondary N) is 2. The molecule has 2 atom stereocenters. The van der Waals surface area contributed by atoms with Gasteiger partial charge in [-0.15, -0.1) is 11.3 Å². The summed E-state index contributed by atoms with van der Waals surface area (Å²) in [6.07, 6.45) is 2.67. The van der Waals surface area contributed by atoms with Gasteiger partial charge in [0.05, 0.1) is 11.4 Å². The molecule has 0 aliphatic carbocycles. The smallest absolute Gasteiger partial charge is 0.270 e. The van der Waals surface area contributed by atoms with Crippen LogP contribution >= 0.6 is 11.3 Å². The molecule has 29 heavy (non-hydrogen) atoms. The van der Waals surface area contributed by atoms with Gasteiger partial charge in [-0.25, -0.2) is 4.98 Å². The fraction of sp³-hybridized carbons (Fsp3) is 0.409. The van der Waals surface area contributed by atoms with Gasteiger partial charge >= 0.3 is 0 Å². The topological polar surface area (TPSA) is 78.1 Å². The van der Waals surface area contributed by atoms with Crippen LogP contribution in [0.25, 0.3) is 21.3 Å². The van der Waals surface area contributed by atoms with Crippen molar-refractivity contribution in [2.45, 2.75) is 39.2 Å². The van der Waals surface area contributed by atoms with Crippen LogP contribution in [0.5, 0.6) is 0 Å². The third-order valence-corrected chi connectivity index (χ3v) is 6.56. The van der Waals surface area contributed by atoms with Crippen molar-refractivity contribution in [3.05, 3.63) is 46.1 Å². The van der Waals surface area contributed by atoms with E-state index in [1.54, 1.807) is 0 Å². The highest BCUT2D eigenvalue weighted by atomic mass is 32.1. The maximum atomic E-state index is 12.7. The molecule has 2 aromatic heterocycles. The van der Waals surface area contributed by atoms with Crippen molar-refractivity contribution in [2.24, 2.45) is 5.92 Å². The molecule has 0 radical (unpaired) electrons. The average molecular weight is 411 g/mol. The molecule has 0 bridgehead atoms. The largest absolute Gasteiger partial charge is 0.353 e. The van der Waals surface area contributed by atoms with Crippen LogP contribution in [0.3, 0.4) is 0 Å². The van der Waals surface area contributed by atoms with Crippen LogP contribution in [0.4, 0.5) is 5.95 Å². The maximum absolute atomic E-state index is 12.7. The lowest BCUT2D eigenvalue weighted by Gasteiger charge is -2.32. The molecule has 0 spiro atoms. The number of aromatic amines is 1. The second-order valence-electron chi connectivity index (χ2n) is 7.69. The zero-order chi connectivity index (χ0) is 20.4. The van der Waals surface area contributed by atoms with Crippen LogP contribution in [0, 0.1) is 5.92 Å². The highest BCUT2D eigenvalue weighted by Crippen LogP contribution is 2.32. The van der Waals surface area contributed by atoms with Crippen molar-refractivity contribution in [3.8, 4) is 11.1 Å². The van der Waals surface area contributed by atoms with E-state index < -0.39 is 0 Å². The minimum atomic E-state index is -0.122. The Bertz CT molecular complexity index is 1060. The number of carbonyl (C=O) groups is 1. The molecule has 6 nitrogen and oxygen atoms in total. The fourth-order valence-electron chi connectivity index (χ4n) is 3.73. The summed E-state index contributed by atoms with van der Waals surface area (Å²) in [5, 5.41) is 5.07. The molecule has 0 saturated carbocycles. The summed E-state index contributed by atoms with van der Waals surface area (Å²) >= 11 is 1.42. The monoisotopic (exact) mass is 410 g/mol. The normalized spacial score (nSPS) is 18.0. The number of piperidine rings is 1. The van der Waals surface area contributed by atoms with Crippen LogP contribution in [-0.4, -0.2) is 35.0 Å². The van der Waals surface area contributed by atoms with E-state index in [1.807, 2.05) is 47.5 Å². The highest BCUT2D eigenvalue weighted by molar-refractivity contribution is 7.17. The molecule has 0 unspecified atom stereocenters. The standard InChI is InChI=1S/C22H26N4O2S/c1-3-14(2)23-20(27)16-10-7-11-26(12-16)22-24-18-17(15-8-5-4-6-9-15)13-29-19(18)21(28)25-22/h4-6,8-9,13-14,16H,3,7,10-12H2,1-2H3,(H,23,27)(H,24,25,28)/t14-,16+/m0/s1. The molecule has 1 fully saturated rings. The minimum absolute atomic E-state index is 0.0881. The number of rotatable bonds is 5. The number of thiophene rings is 1. The molecule has 3 heterocycles. The van der Waals surface area contributed by atoms with E-state index in [0.717, 1.165) is 42.5 Å². The van der Waals surface area contributed by atoms with Crippen LogP contribution in [0.1, 0.15) is 33.1 Å². The van der Waals surface area contributed by atoms with Crippen molar-refractivity contribution in [2.75, 3.05) is 18.0 Å². The molecular weight excluding hydrogens is 384 g/mol. The SMILES string of the molecule is CC[C@H](C)NC(=O)[C@@H]1CCCN(c2nc3c(-c4ccccc4)csc3c(=O)[nH]2)C1. The Hall–Kier alpha value is -2.67. The van der Waals surface area contributed by atoms with Crippen molar-refractivity contribution in [3.63, 3.8) is 0 Å². The predicted molar refractivity (Wildman–Crippen MR) is 119 cm³/mol. The Morgan fingerprint density at radius 2 is 2.17 bits per heavy atom. The third kappa shape index (κ3) is 4.05. The van der Waals surface area contributed by atoms with Gasteiger partial charge in [0.25, 0.3) is 5.56 Å². The molecule has 1 aromatic carbocycles. The summed E-state index contributed by atoms with van der Waals surface area (Å²) < 4.78 is 0.635. The van der Waals surface area contributed by atoms with Crippen LogP contribution in [0.2, 0.25) is 0 Å². The average Bonchev–Trinajstić information content (AvgIpc) is 3.19. The van der Waals surface area contributed by atoms with Gasteiger partial charge in [0.15, 0.2) is 0 Å². The molecule has 2 N–H and O–H groups in total. The molecule has 152 valence electrons. The Labute approximate surface area is 174 Å². The Morgan fingerprint density at radius 3 is 2.93 bits per heavy atom. The summed E-state index contributed by atoms with van der Waals surface area (Å²) in [5.41, 5.74) is 2.63. The van der Waals surface area contributed by atoms with Gasteiger partial charge in [-0.2, -0.15) is 0 Å². The van der Waals surface area contributed by atoms with Crippen molar-refractivity contribution in [1.29, 1.82) is 0 Å². The number of hydrogen-bond acceptors (Lipinski definition) is 5. The van der Waals surface area contributed by atoms with E-state index >= 15 is 0 Å². The summed E-state index contributed by atoms with van der Waals surface area (Å²) in [7, 11) is 0. The second-order valence-corrected chi connectivity index (χ2v) is 8.57. The van der Waals surface area contributed by atoms with Gasteiger partial charge < -0.3 is 10.2 Å². The Kier molecular flexibility index (Phi) is 5.67. The van der Waals surface area contributed by atoms with Gasteiger partial charge in [-0.05, 0) is 31.7 Å². The molecule has 7 heteroatoms. The van der Waals surface area contributed by atoms with Gasteiger partial charge in [-0.3, -0.25) is 14.6 Å². The van der Waals surface area contributed by atoms with E-state index in [-0.39, 0.29) is 23.4 Å². The van der Waals surface area contributed by atoms with Crippen LogP contribution in [-0.2, 0) is 4.79 Å². The lowest BCUT2D eigenvalue weighted by Crippen LogP contribution is -2.46. The van der Waals surface area contributed by atoms with Crippen molar-refractivity contribution < 1.29 is 4.79 Å². The number of hydrogen-bond donors (Lipinski definition) is 2. The number of aromatic nitrogens is 2. The number of nitrogens with zero attached hydrogens (tertiary/aromatic N) is 2. The summed E-state index contributed by atoms with van der Waals surface area (Å²) in [4.78, 5) is 35.1. The minimum Gasteiger partial charge on any atom is -0.353 e. The number of anilines is 1. The lowest BCUT2D eigenvalue weighted by molar-refractivity contribution is -0.125. The van der Waals surface area contributed by atoms with Crippen molar-refractivity contribution >= 4 is 33.4 Å². The lowest BCUT2D eigenvalue weighted by atomic mass is 9.97. The first kappa shape index (κ1) is 19.6. The third-order valence-electron chi connectivity index (χ3n) is 5.59. The van der Waals surface area contributed by atoms with Gasteiger partial charge in [0.1, 0.15) is 4.70 Å². The zero-order valence-electron chi connectivity index (χ0n) is 16.8. The number of amides is 1. The zero-order valence-corrected chi connectivity index (χ0v) is 17.6. The maximum Gasteiger partial charge on any atom is 0.270 e. The first-order valence-electron chi connectivity index (χ1n) is 10.2. The number of fused-ring (bicyclic) bond motifs is 1. The number of benzene rings is 1. The molecule has 1 saturated heterocycles. The summed E-state index contributed by atoms with van der Waals surface area (Å²) in [5.74, 6) is 0.557. The Balaban J connectivity index is 1.64. The van der Waals surface area contributed by atoms with Gasteiger partial charge in [0, 0.05) is 30.1 Å². The summed E-state index contributed by atoms with van der Waals surface area (Å²) in [6.45, 7) is 5.44. The number of carbonyl (C=O) groups excluding carboxylic acids is 1. The molecule has 1 amide bonds. The van der Waals surface area contributed by atoms with E-state index in [9.17, 15) is 9.59 Å². The quantitative estimate of drug-likeness (QED) is 0.671. The van der Waals surface area contributed by atoms with E-state index in [2.05, 4.69) is 17.2 Å². The van der Waals surface area contributed by atoms with Gasteiger partial charge in [0.2, 0.25) is 11.9 Å². The predicted octanol–water partition coefficient (Wildman–Crippen LogP) is 3.78. The van der Waals surface area contributed by atoms with E-state index in [1.165, 1.54) is 11.3 Å². The van der Waals surface area contributed by atoms with E-state index in [4.69, 9.17) is 4.98 Å². The number of H-pyrrole nitrogens is 1. The molecule has 3 aromatic rings.